The Morgan fingerprint density at radius 3 is 2.46 bits per heavy atom. The van der Waals surface area contributed by atoms with Crippen LogP contribution in [0.3, 0.4) is 0 Å². The average Bonchev–Trinajstić information content (AvgIpc) is 2.53. The first kappa shape index (κ1) is 8.19. The van der Waals surface area contributed by atoms with Crippen molar-refractivity contribution in [1.82, 2.24) is 10.1 Å². The lowest BCUT2D eigenvalue weighted by molar-refractivity contribution is 0.421. The van der Waals surface area contributed by atoms with Gasteiger partial charge in [-0.15, -0.1) is 0 Å². The van der Waals surface area contributed by atoms with Crippen LogP contribution in [0.4, 0.5) is 4.39 Å². The zero-order valence-electron chi connectivity index (χ0n) is 6.37. The van der Waals surface area contributed by atoms with Crippen molar-refractivity contribution in [3.63, 3.8) is 0 Å². The molecule has 0 atom stereocenters. The molecule has 2 rings (SSSR count). The summed E-state index contributed by atoms with van der Waals surface area (Å²) in [6, 6.07) is 5.74. The van der Waals surface area contributed by atoms with Crippen molar-refractivity contribution in [1.29, 1.82) is 0 Å². The van der Waals surface area contributed by atoms with E-state index in [0.717, 1.165) is 0 Å². The molecular weight excluding hydrogens is 195 g/mol. The first-order valence-electron chi connectivity index (χ1n) is 3.51. The summed E-state index contributed by atoms with van der Waals surface area (Å²) in [5.74, 6) is 0.0448. The van der Waals surface area contributed by atoms with Gasteiger partial charge in [-0.3, -0.25) is 0 Å². The molecule has 0 aliphatic rings. The van der Waals surface area contributed by atoms with E-state index in [1.165, 1.54) is 12.1 Å². The molecule has 0 saturated heterocycles. The second-order valence-corrected chi connectivity index (χ2v) is 2.70. The fraction of sp³-hybridized carbons (Fsp3) is 0. The number of hydrogen-bond acceptors (Lipinski definition) is 3. The third-order valence-electron chi connectivity index (χ3n) is 1.50. The number of aromatic nitrogens is 2. The fourth-order valence-corrected chi connectivity index (χ4v) is 1.04. The van der Waals surface area contributed by atoms with Crippen LogP contribution in [0, 0.1) is 5.82 Å². The van der Waals surface area contributed by atoms with Crippen molar-refractivity contribution in [3.8, 4) is 11.4 Å². The predicted molar refractivity (Wildman–Crippen MR) is 44.7 cm³/mol. The molecular formula is C8H4ClFN2O. The molecule has 13 heavy (non-hydrogen) atoms. The smallest absolute Gasteiger partial charge is 0.320 e. The monoisotopic (exact) mass is 198 g/mol. The van der Waals surface area contributed by atoms with Gasteiger partial charge in [-0.2, -0.15) is 4.98 Å². The molecule has 5 heteroatoms. The van der Waals surface area contributed by atoms with Gasteiger partial charge in [0.05, 0.1) is 0 Å². The molecule has 1 aromatic heterocycles. The van der Waals surface area contributed by atoms with Gasteiger partial charge in [0.15, 0.2) is 0 Å². The van der Waals surface area contributed by atoms with Crippen molar-refractivity contribution >= 4 is 11.6 Å². The van der Waals surface area contributed by atoms with E-state index in [2.05, 4.69) is 14.7 Å². The number of halogens is 2. The van der Waals surface area contributed by atoms with Gasteiger partial charge < -0.3 is 4.52 Å². The largest absolute Gasteiger partial charge is 0.321 e. The third kappa shape index (κ3) is 1.67. The van der Waals surface area contributed by atoms with Crippen molar-refractivity contribution in [2.75, 3.05) is 0 Å². The Morgan fingerprint density at radius 2 is 1.92 bits per heavy atom. The molecule has 3 nitrogen and oxygen atoms in total. The molecule has 0 aliphatic heterocycles. The Hall–Kier alpha value is -1.42. The maximum Gasteiger partial charge on any atom is 0.320 e. The van der Waals surface area contributed by atoms with Gasteiger partial charge in [-0.1, -0.05) is 5.16 Å². The zero-order valence-corrected chi connectivity index (χ0v) is 7.12. The Kier molecular flexibility index (Phi) is 1.98. The van der Waals surface area contributed by atoms with Crippen LogP contribution in [0.1, 0.15) is 0 Å². The summed E-state index contributed by atoms with van der Waals surface area (Å²) < 4.78 is 17.1. The van der Waals surface area contributed by atoms with E-state index in [0.29, 0.717) is 11.4 Å². The topological polar surface area (TPSA) is 38.9 Å². The van der Waals surface area contributed by atoms with E-state index in [-0.39, 0.29) is 11.2 Å². The highest BCUT2D eigenvalue weighted by Gasteiger charge is 2.05. The van der Waals surface area contributed by atoms with Gasteiger partial charge >= 0.3 is 5.35 Å². The normalized spacial score (nSPS) is 10.3. The second-order valence-electron chi connectivity index (χ2n) is 2.38. The number of nitrogens with zero attached hydrogens (tertiary/aromatic N) is 2. The van der Waals surface area contributed by atoms with Crippen LogP contribution < -0.4 is 0 Å². The molecule has 0 spiro atoms. The highest BCUT2D eigenvalue weighted by molar-refractivity contribution is 6.27. The van der Waals surface area contributed by atoms with Gasteiger partial charge in [0.2, 0.25) is 5.82 Å². The first-order chi connectivity index (χ1) is 6.25. The van der Waals surface area contributed by atoms with E-state index >= 15 is 0 Å². The van der Waals surface area contributed by atoms with E-state index in [1.807, 2.05) is 0 Å². The SMILES string of the molecule is Fc1ccc(-c2noc(Cl)n2)cc1. The van der Waals surface area contributed by atoms with E-state index < -0.39 is 0 Å². The Balaban J connectivity index is 2.41. The highest BCUT2D eigenvalue weighted by Crippen LogP contribution is 2.17. The summed E-state index contributed by atoms with van der Waals surface area (Å²) in [5.41, 5.74) is 0.664. The fourth-order valence-electron chi connectivity index (χ4n) is 0.921. The molecule has 66 valence electrons. The van der Waals surface area contributed by atoms with Gasteiger partial charge in [0, 0.05) is 5.56 Å². The van der Waals surface area contributed by atoms with E-state index in [4.69, 9.17) is 11.6 Å². The molecule has 1 heterocycles. The lowest BCUT2D eigenvalue weighted by Gasteiger charge is -1.91. The lowest BCUT2D eigenvalue weighted by Crippen LogP contribution is -1.80. The molecule has 0 saturated carbocycles. The van der Waals surface area contributed by atoms with Crippen molar-refractivity contribution in [2.45, 2.75) is 0 Å². The molecule has 0 unspecified atom stereocenters. The molecule has 0 amide bonds. The van der Waals surface area contributed by atoms with Crippen molar-refractivity contribution in [3.05, 3.63) is 35.4 Å². The maximum absolute atomic E-state index is 12.5. The van der Waals surface area contributed by atoms with Crippen LogP contribution in [0.15, 0.2) is 28.8 Å². The molecule has 0 radical (unpaired) electrons. The van der Waals surface area contributed by atoms with Crippen LogP contribution in [0.2, 0.25) is 5.35 Å². The minimum atomic E-state index is -0.307. The third-order valence-corrected chi connectivity index (χ3v) is 1.66. The minimum absolute atomic E-state index is 0.0284. The van der Waals surface area contributed by atoms with E-state index in [9.17, 15) is 4.39 Å². The molecule has 2 aromatic rings. The minimum Gasteiger partial charge on any atom is -0.321 e. The van der Waals surface area contributed by atoms with E-state index in [1.54, 1.807) is 12.1 Å². The van der Waals surface area contributed by atoms with Crippen LogP contribution in [0.25, 0.3) is 11.4 Å². The molecule has 1 aromatic carbocycles. The summed E-state index contributed by atoms with van der Waals surface area (Å²) in [6.45, 7) is 0. The maximum atomic E-state index is 12.5. The van der Waals surface area contributed by atoms with Crippen LogP contribution >= 0.6 is 11.6 Å². The summed E-state index contributed by atoms with van der Waals surface area (Å²) in [6.07, 6.45) is 0. The van der Waals surface area contributed by atoms with Crippen LogP contribution in [-0.4, -0.2) is 10.1 Å². The summed E-state index contributed by atoms with van der Waals surface area (Å²) in [7, 11) is 0. The number of hydrogen-bond donors (Lipinski definition) is 0. The van der Waals surface area contributed by atoms with Crippen LogP contribution in [-0.2, 0) is 0 Å². The molecule has 0 N–H and O–H groups in total. The Morgan fingerprint density at radius 1 is 1.23 bits per heavy atom. The predicted octanol–water partition coefficient (Wildman–Crippen LogP) is 2.53. The van der Waals surface area contributed by atoms with Crippen LogP contribution in [0.5, 0.6) is 0 Å². The molecule has 0 bridgehead atoms. The Labute approximate surface area is 78.1 Å². The second kappa shape index (κ2) is 3.14. The lowest BCUT2D eigenvalue weighted by atomic mass is 10.2. The molecule has 0 fully saturated rings. The highest BCUT2D eigenvalue weighted by atomic mass is 35.5. The number of benzene rings is 1. The first-order valence-corrected chi connectivity index (χ1v) is 3.88. The number of rotatable bonds is 1. The van der Waals surface area contributed by atoms with Gasteiger partial charge in [-0.25, -0.2) is 4.39 Å². The van der Waals surface area contributed by atoms with Gasteiger partial charge in [-0.05, 0) is 35.9 Å². The quantitative estimate of drug-likeness (QED) is 0.707. The summed E-state index contributed by atoms with van der Waals surface area (Å²) in [5, 5.41) is 3.55. The average molecular weight is 199 g/mol. The van der Waals surface area contributed by atoms with Crippen molar-refractivity contribution in [2.24, 2.45) is 0 Å². The van der Waals surface area contributed by atoms with Gasteiger partial charge in [0.1, 0.15) is 5.82 Å². The Bertz CT molecular complexity index is 412. The summed E-state index contributed by atoms with van der Waals surface area (Å²) >= 11 is 5.43. The molecule has 0 aliphatic carbocycles. The van der Waals surface area contributed by atoms with Gasteiger partial charge in [0.25, 0.3) is 0 Å². The standard InChI is InChI=1S/C8H4ClFN2O/c9-8-11-7(12-13-8)5-1-3-6(10)4-2-5/h1-4H. The van der Waals surface area contributed by atoms with Crippen molar-refractivity contribution < 1.29 is 8.91 Å². The zero-order chi connectivity index (χ0) is 9.26. The summed E-state index contributed by atoms with van der Waals surface area (Å²) in [4.78, 5) is 3.78.